The molecule has 0 unspecified atom stereocenters. The van der Waals surface area contributed by atoms with Gasteiger partial charge in [-0.25, -0.2) is 0 Å². The lowest BCUT2D eigenvalue weighted by atomic mass is 9.99. The fourth-order valence-corrected chi connectivity index (χ4v) is 2.44. The van der Waals surface area contributed by atoms with Crippen LogP contribution in [0.25, 0.3) is 0 Å². The second-order valence-electron chi connectivity index (χ2n) is 5.49. The molecule has 1 saturated heterocycles. The van der Waals surface area contributed by atoms with E-state index in [-0.39, 0.29) is 5.54 Å². The van der Waals surface area contributed by atoms with Crippen LogP contribution in [0.5, 0.6) is 5.75 Å². The average Bonchev–Trinajstić information content (AvgIpc) is 2.33. The minimum Gasteiger partial charge on any atom is -0.494 e. The van der Waals surface area contributed by atoms with Gasteiger partial charge in [-0.3, -0.25) is 4.90 Å². The number of hydrogen-bond donors (Lipinski definition) is 1. The average molecular weight is 248 g/mol. The first kappa shape index (κ1) is 13.4. The Morgan fingerprint density at radius 3 is 2.94 bits per heavy atom. The fraction of sp³-hybridized carbons (Fsp3) is 0.600. The lowest BCUT2D eigenvalue weighted by molar-refractivity contribution is 0.0827. The van der Waals surface area contributed by atoms with E-state index in [2.05, 4.69) is 42.3 Å². The molecule has 0 saturated carbocycles. The highest BCUT2D eigenvalue weighted by molar-refractivity contribution is 5.28. The van der Waals surface area contributed by atoms with Gasteiger partial charge in [0.1, 0.15) is 5.75 Å². The second-order valence-corrected chi connectivity index (χ2v) is 5.49. The Kier molecular flexibility index (Phi) is 4.25. The number of piperazine rings is 1. The molecule has 0 aliphatic carbocycles. The summed E-state index contributed by atoms with van der Waals surface area (Å²) >= 11 is 0. The van der Waals surface area contributed by atoms with Crippen molar-refractivity contribution in [2.24, 2.45) is 0 Å². The molecule has 0 amide bonds. The highest BCUT2D eigenvalue weighted by atomic mass is 16.5. The van der Waals surface area contributed by atoms with Crippen molar-refractivity contribution in [2.45, 2.75) is 32.9 Å². The predicted octanol–water partition coefficient (Wildman–Crippen LogP) is 2.27. The van der Waals surface area contributed by atoms with Gasteiger partial charge in [0, 0.05) is 31.7 Å². The Hall–Kier alpha value is -1.06. The van der Waals surface area contributed by atoms with Gasteiger partial charge in [0.25, 0.3) is 0 Å². The zero-order valence-corrected chi connectivity index (χ0v) is 11.7. The van der Waals surface area contributed by atoms with Crippen LogP contribution in [0.2, 0.25) is 0 Å². The van der Waals surface area contributed by atoms with Crippen LogP contribution in [0.1, 0.15) is 26.3 Å². The molecule has 0 spiro atoms. The van der Waals surface area contributed by atoms with E-state index >= 15 is 0 Å². The summed E-state index contributed by atoms with van der Waals surface area (Å²) in [5.74, 6) is 0.975. The summed E-state index contributed by atoms with van der Waals surface area (Å²) in [5.41, 5.74) is 1.55. The summed E-state index contributed by atoms with van der Waals surface area (Å²) in [6.45, 7) is 11.6. The van der Waals surface area contributed by atoms with E-state index in [1.807, 2.05) is 13.0 Å². The Bertz CT molecular complexity index is 390. The normalized spacial score (nSPS) is 19.7. The summed E-state index contributed by atoms with van der Waals surface area (Å²) in [4.78, 5) is 2.54. The van der Waals surface area contributed by atoms with Crippen LogP contribution in [-0.2, 0) is 6.54 Å². The van der Waals surface area contributed by atoms with Crippen molar-refractivity contribution >= 4 is 0 Å². The van der Waals surface area contributed by atoms with E-state index in [1.54, 1.807) is 0 Å². The minimum absolute atomic E-state index is 0.222. The molecule has 0 aromatic heterocycles. The van der Waals surface area contributed by atoms with Crippen molar-refractivity contribution in [3.8, 4) is 5.75 Å². The minimum atomic E-state index is 0.222. The summed E-state index contributed by atoms with van der Waals surface area (Å²) < 4.78 is 5.56. The number of benzene rings is 1. The van der Waals surface area contributed by atoms with Crippen LogP contribution in [0.15, 0.2) is 24.3 Å². The van der Waals surface area contributed by atoms with Crippen molar-refractivity contribution in [1.29, 1.82) is 0 Å². The molecule has 2 rings (SSSR count). The van der Waals surface area contributed by atoms with Crippen LogP contribution in [0, 0.1) is 0 Å². The zero-order chi connectivity index (χ0) is 13.0. The SMILES string of the molecule is CCOc1cccc(CN2CCNCC2(C)C)c1. The van der Waals surface area contributed by atoms with Gasteiger partial charge < -0.3 is 10.1 Å². The molecule has 0 bridgehead atoms. The number of ether oxygens (including phenoxy) is 1. The van der Waals surface area contributed by atoms with Gasteiger partial charge in [0.2, 0.25) is 0 Å². The third-order valence-corrected chi connectivity index (χ3v) is 3.56. The Labute approximate surface area is 110 Å². The molecule has 1 N–H and O–H groups in total. The highest BCUT2D eigenvalue weighted by Gasteiger charge is 2.29. The molecule has 1 aliphatic rings. The van der Waals surface area contributed by atoms with Gasteiger partial charge >= 0.3 is 0 Å². The molecule has 18 heavy (non-hydrogen) atoms. The number of nitrogens with one attached hydrogen (secondary N) is 1. The van der Waals surface area contributed by atoms with Gasteiger partial charge in [0.05, 0.1) is 6.61 Å². The summed E-state index contributed by atoms with van der Waals surface area (Å²) in [5, 5.41) is 3.46. The van der Waals surface area contributed by atoms with E-state index < -0.39 is 0 Å². The highest BCUT2D eigenvalue weighted by Crippen LogP contribution is 2.21. The van der Waals surface area contributed by atoms with Crippen molar-refractivity contribution < 1.29 is 4.74 Å². The number of nitrogens with zero attached hydrogens (tertiary/aromatic N) is 1. The van der Waals surface area contributed by atoms with Gasteiger partial charge in [-0.15, -0.1) is 0 Å². The van der Waals surface area contributed by atoms with Crippen LogP contribution >= 0.6 is 0 Å². The smallest absolute Gasteiger partial charge is 0.119 e. The predicted molar refractivity (Wildman–Crippen MR) is 75.0 cm³/mol. The molecule has 3 nitrogen and oxygen atoms in total. The van der Waals surface area contributed by atoms with Gasteiger partial charge in [-0.2, -0.15) is 0 Å². The van der Waals surface area contributed by atoms with Crippen LogP contribution in [-0.4, -0.2) is 36.7 Å². The molecule has 100 valence electrons. The first-order chi connectivity index (χ1) is 8.62. The van der Waals surface area contributed by atoms with E-state index in [4.69, 9.17) is 4.74 Å². The lowest BCUT2D eigenvalue weighted by Crippen LogP contribution is -2.57. The van der Waals surface area contributed by atoms with E-state index in [1.165, 1.54) is 5.56 Å². The number of rotatable bonds is 4. The zero-order valence-electron chi connectivity index (χ0n) is 11.7. The third kappa shape index (κ3) is 3.24. The monoisotopic (exact) mass is 248 g/mol. The maximum atomic E-state index is 5.56. The molecule has 1 aromatic rings. The maximum absolute atomic E-state index is 5.56. The molecule has 0 radical (unpaired) electrons. The fourth-order valence-electron chi connectivity index (χ4n) is 2.44. The molecule has 0 atom stereocenters. The van der Waals surface area contributed by atoms with E-state index in [0.717, 1.165) is 38.5 Å². The molecule has 1 fully saturated rings. The molecule has 3 heteroatoms. The quantitative estimate of drug-likeness (QED) is 0.884. The van der Waals surface area contributed by atoms with E-state index in [9.17, 15) is 0 Å². The Balaban J connectivity index is 2.06. The van der Waals surface area contributed by atoms with E-state index in [0.29, 0.717) is 0 Å². The van der Waals surface area contributed by atoms with Gasteiger partial charge in [-0.1, -0.05) is 12.1 Å². The number of hydrogen-bond acceptors (Lipinski definition) is 3. The summed E-state index contributed by atoms with van der Waals surface area (Å²) in [7, 11) is 0. The summed E-state index contributed by atoms with van der Waals surface area (Å²) in [6.07, 6.45) is 0. The first-order valence-corrected chi connectivity index (χ1v) is 6.79. The van der Waals surface area contributed by atoms with Crippen molar-refractivity contribution in [1.82, 2.24) is 10.2 Å². The van der Waals surface area contributed by atoms with Crippen LogP contribution < -0.4 is 10.1 Å². The third-order valence-electron chi connectivity index (χ3n) is 3.56. The van der Waals surface area contributed by atoms with Gasteiger partial charge in [0.15, 0.2) is 0 Å². The standard InChI is InChI=1S/C15H24N2O/c1-4-18-14-7-5-6-13(10-14)11-17-9-8-16-12-15(17,2)3/h5-7,10,16H,4,8-9,11-12H2,1-3H3. The van der Waals surface area contributed by atoms with Crippen molar-refractivity contribution in [3.05, 3.63) is 29.8 Å². The molecular weight excluding hydrogens is 224 g/mol. The van der Waals surface area contributed by atoms with Crippen LogP contribution in [0.3, 0.4) is 0 Å². The molecule has 1 heterocycles. The molecule has 1 aromatic carbocycles. The largest absolute Gasteiger partial charge is 0.494 e. The van der Waals surface area contributed by atoms with Gasteiger partial charge in [-0.05, 0) is 38.5 Å². The van der Waals surface area contributed by atoms with Crippen molar-refractivity contribution in [2.75, 3.05) is 26.2 Å². The molecule has 1 aliphatic heterocycles. The second kappa shape index (κ2) is 5.72. The Morgan fingerprint density at radius 1 is 1.39 bits per heavy atom. The Morgan fingerprint density at radius 2 is 2.22 bits per heavy atom. The topological polar surface area (TPSA) is 24.5 Å². The maximum Gasteiger partial charge on any atom is 0.119 e. The van der Waals surface area contributed by atoms with Crippen molar-refractivity contribution in [3.63, 3.8) is 0 Å². The lowest BCUT2D eigenvalue weighted by Gasteiger charge is -2.42. The first-order valence-electron chi connectivity index (χ1n) is 6.79. The van der Waals surface area contributed by atoms with Crippen LogP contribution in [0.4, 0.5) is 0 Å². The summed E-state index contributed by atoms with van der Waals surface area (Å²) in [6, 6.07) is 8.44. The molecular formula is C15H24N2O.